The molecule has 0 saturated carbocycles. The van der Waals surface area contributed by atoms with Crippen molar-refractivity contribution in [3.05, 3.63) is 7.11 Å². The maximum atomic E-state index is 4.72. The highest BCUT2D eigenvalue weighted by molar-refractivity contribution is 6.76. The lowest BCUT2D eigenvalue weighted by Crippen LogP contribution is -2.26. The van der Waals surface area contributed by atoms with Gasteiger partial charge in [-0.15, -0.1) is 0 Å². The molecular formula is C5H13OSi. The van der Waals surface area contributed by atoms with Gasteiger partial charge in [0, 0.05) is 6.23 Å². The highest BCUT2D eigenvalue weighted by atomic mass is 28.3. The SMILES string of the molecule is [CH2]OC[Si](C)(C)C. The first-order chi connectivity index (χ1) is 3.06. The molecule has 0 unspecified atom stereocenters. The molecule has 0 aliphatic heterocycles. The van der Waals surface area contributed by atoms with Gasteiger partial charge in [0.2, 0.25) is 0 Å². The van der Waals surface area contributed by atoms with Gasteiger partial charge in [-0.05, 0) is 0 Å². The topological polar surface area (TPSA) is 9.23 Å². The first kappa shape index (κ1) is 7.18. The van der Waals surface area contributed by atoms with Gasteiger partial charge in [-0.3, -0.25) is 0 Å². The van der Waals surface area contributed by atoms with Gasteiger partial charge in [0.15, 0.2) is 0 Å². The van der Waals surface area contributed by atoms with Crippen molar-refractivity contribution >= 4 is 8.07 Å². The second-order valence-corrected chi connectivity index (χ2v) is 8.32. The van der Waals surface area contributed by atoms with Crippen LogP contribution in [0.25, 0.3) is 0 Å². The van der Waals surface area contributed by atoms with E-state index in [-0.39, 0.29) is 0 Å². The van der Waals surface area contributed by atoms with Crippen LogP contribution in [0.1, 0.15) is 0 Å². The Kier molecular flexibility index (Phi) is 2.54. The second-order valence-electron chi connectivity index (χ2n) is 2.91. The van der Waals surface area contributed by atoms with E-state index in [0.29, 0.717) is 0 Å². The predicted octanol–water partition coefficient (Wildman–Crippen LogP) is 1.67. The molecular weight excluding hydrogens is 104 g/mol. The molecule has 0 fully saturated rings. The normalized spacial score (nSPS) is 12.0. The van der Waals surface area contributed by atoms with Crippen LogP contribution in [0.3, 0.4) is 0 Å². The van der Waals surface area contributed by atoms with Crippen molar-refractivity contribution in [1.82, 2.24) is 0 Å². The van der Waals surface area contributed by atoms with Crippen molar-refractivity contribution in [3.63, 3.8) is 0 Å². The summed E-state index contributed by atoms with van der Waals surface area (Å²) in [5, 5.41) is 0. The van der Waals surface area contributed by atoms with Crippen molar-refractivity contribution in [2.75, 3.05) is 6.23 Å². The van der Waals surface area contributed by atoms with E-state index in [1.54, 1.807) is 0 Å². The Morgan fingerprint density at radius 2 is 1.86 bits per heavy atom. The lowest BCUT2D eigenvalue weighted by Gasteiger charge is -2.12. The maximum absolute atomic E-state index is 4.72. The molecule has 0 atom stereocenters. The van der Waals surface area contributed by atoms with E-state index >= 15 is 0 Å². The summed E-state index contributed by atoms with van der Waals surface area (Å²) in [6.45, 7) is 6.74. The Bertz CT molecular complexity index is 46.5. The van der Waals surface area contributed by atoms with Crippen LogP contribution < -0.4 is 0 Å². The fourth-order valence-electron chi connectivity index (χ4n) is 0.306. The van der Waals surface area contributed by atoms with E-state index in [0.717, 1.165) is 6.23 Å². The van der Waals surface area contributed by atoms with Crippen molar-refractivity contribution < 1.29 is 4.74 Å². The Balaban J connectivity index is 3.15. The van der Waals surface area contributed by atoms with Crippen LogP contribution in [0.15, 0.2) is 0 Å². The van der Waals surface area contributed by atoms with Crippen molar-refractivity contribution in [3.8, 4) is 0 Å². The summed E-state index contributed by atoms with van der Waals surface area (Å²) in [5.74, 6) is 0. The van der Waals surface area contributed by atoms with Gasteiger partial charge in [0.25, 0.3) is 0 Å². The summed E-state index contributed by atoms with van der Waals surface area (Å²) in [6.07, 6.45) is 0.868. The van der Waals surface area contributed by atoms with Crippen LogP contribution in [0.5, 0.6) is 0 Å². The molecule has 0 spiro atoms. The van der Waals surface area contributed by atoms with Crippen molar-refractivity contribution in [2.24, 2.45) is 0 Å². The predicted molar refractivity (Wildman–Crippen MR) is 34.7 cm³/mol. The van der Waals surface area contributed by atoms with Crippen LogP contribution in [-0.2, 0) is 4.74 Å². The van der Waals surface area contributed by atoms with Crippen molar-refractivity contribution in [2.45, 2.75) is 19.6 Å². The molecule has 0 aliphatic rings. The standard InChI is InChI=1S/C5H13OSi/c1-6-5-7(2,3)4/h1,5H2,2-4H3. The first-order valence-corrected chi connectivity index (χ1v) is 6.14. The summed E-state index contributed by atoms with van der Waals surface area (Å²) in [5.41, 5.74) is 0. The largest absolute Gasteiger partial charge is 0.382 e. The van der Waals surface area contributed by atoms with E-state index in [1.165, 1.54) is 0 Å². The molecule has 43 valence electrons. The van der Waals surface area contributed by atoms with E-state index in [1.807, 2.05) is 0 Å². The van der Waals surface area contributed by atoms with Crippen LogP contribution in [0, 0.1) is 7.11 Å². The van der Waals surface area contributed by atoms with E-state index < -0.39 is 8.07 Å². The van der Waals surface area contributed by atoms with Crippen LogP contribution >= 0.6 is 0 Å². The van der Waals surface area contributed by atoms with Crippen LogP contribution in [-0.4, -0.2) is 14.3 Å². The number of ether oxygens (including phenoxy) is 1. The van der Waals surface area contributed by atoms with Gasteiger partial charge in [-0.2, -0.15) is 0 Å². The summed E-state index contributed by atoms with van der Waals surface area (Å²) in [7, 11) is 2.36. The molecule has 0 heterocycles. The maximum Gasteiger partial charge on any atom is 0.0746 e. The summed E-state index contributed by atoms with van der Waals surface area (Å²) in [4.78, 5) is 0. The minimum Gasteiger partial charge on any atom is -0.382 e. The molecule has 0 aromatic rings. The molecule has 0 aromatic heterocycles. The van der Waals surface area contributed by atoms with Gasteiger partial charge >= 0.3 is 0 Å². The third-order valence-corrected chi connectivity index (χ3v) is 1.61. The molecule has 0 N–H and O–H groups in total. The lowest BCUT2D eigenvalue weighted by molar-refractivity contribution is 0.296. The zero-order chi connectivity index (χ0) is 5.91. The van der Waals surface area contributed by atoms with Crippen LogP contribution in [0.4, 0.5) is 0 Å². The molecule has 0 amide bonds. The molecule has 1 radical (unpaired) electrons. The Morgan fingerprint density at radius 3 is 1.86 bits per heavy atom. The smallest absolute Gasteiger partial charge is 0.0746 e. The lowest BCUT2D eigenvalue weighted by atomic mass is 11.5. The average Bonchev–Trinajstić information content (AvgIpc) is 1.30. The average molecular weight is 117 g/mol. The van der Waals surface area contributed by atoms with Gasteiger partial charge in [-0.1, -0.05) is 19.6 Å². The molecule has 1 nitrogen and oxygen atoms in total. The van der Waals surface area contributed by atoms with Crippen LogP contribution in [0.2, 0.25) is 19.6 Å². The first-order valence-electron chi connectivity index (χ1n) is 2.43. The third-order valence-electron chi connectivity index (χ3n) is 0.535. The summed E-state index contributed by atoms with van der Waals surface area (Å²) >= 11 is 0. The number of hydrogen-bond acceptors (Lipinski definition) is 1. The van der Waals surface area contributed by atoms with E-state index in [2.05, 4.69) is 26.8 Å². The third kappa shape index (κ3) is 6.18. The number of hydrogen-bond donors (Lipinski definition) is 0. The second kappa shape index (κ2) is 2.48. The molecule has 0 aromatic carbocycles. The number of rotatable bonds is 2. The Labute approximate surface area is 46.7 Å². The summed E-state index contributed by atoms with van der Waals surface area (Å²) in [6, 6.07) is 0. The molecule has 0 rings (SSSR count). The van der Waals surface area contributed by atoms with Gasteiger partial charge in [0.05, 0.1) is 15.2 Å². The fraction of sp³-hybridized carbons (Fsp3) is 0.800. The molecule has 0 bridgehead atoms. The van der Waals surface area contributed by atoms with Gasteiger partial charge in [0.1, 0.15) is 0 Å². The molecule has 7 heavy (non-hydrogen) atoms. The highest BCUT2D eigenvalue weighted by Gasteiger charge is 2.10. The minimum absolute atomic E-state index is 0.868. The quantitative estimate of drug-likeness (QED) is 0.500. The molecule has 2 heteroatoms. The highest BCUT2D eigenvalue weighted by Crippen LogP contribution is 1.98. The molecule has 0 saturated heterocycles. The van der Waals surface area contributed by atoms with E-state index in [4.69, 9.17) is 4.74 Å². The zero-order valence-corrected chi connectivity index (χ0v) is 6.32. The Hall–Kier alpha value is 0.177. The Morgan fingerprint density at radius 1 is 1.43 bits per heavy atom. The van der Waals surface area contributed by atoms with Gasteiger partial charge in [-0.25, -0.2) is 0 Å². The monoisotopic (exact) mass is 117 g/mol. The molecule has 0 aliphatic carbocycles. The van der Waals surface area contributed by atoms with E-state index in [9.17, 15) is 0 Å². The van der Waals surface area contributed by atoms with Gasteiger partial charge < -0.3 is 4.74 Å². The minimum atomic E-state index is -0.942. The van der Waals surface area contributed by atoms with Crippen molar-refractivity contribution in [1.29, 1.82) is 0 Å². The fourth-order valence-corrected chi connectivity index (χ4v) is 0.919. The summed E-state index contributed by atoms with van der Waals surface area (Å²) < 4.78 is 4.72. The zero-order valence-electron chi connectivity index (χ0n) is 5.32.